The standard InChI is InChI=1S/C50H32N2O/c1-4-12-33(13-5-1)36-24-27-45-42(30-36)43-31-37(25-28-46(43)51(45)39-14-6-2-7-15-39)34-20-22-35(23-21-34)38-26-29-47-44(32-38)49-41-18-10-11-19-48(41)53-50(49)52(47)40-16-8-3-9-17-40/h1-32H. The van der Waals surface area contributed by atoms with Crippen LogP contribution >= 0.6 is 0 Å². The summed E-state index contributed by atoms with van der Waals surface area (Å²) >= 11 is 0. The minimum atomic E-state index is 0.875. The largest absolute Gasteiger partial charge is 0.439 e. The van der Waals surface area contributed by atoms with Gasteiger partial charge in [-0.05, 0) is 100 Å². The van der Waals surface area contributed by atoms with Gasteiger partial charge in [-0.2, -0.15) is 0 Å². The van der Waals surface area contributed by atoms with Crippen LogP contribution in [0.4, 0.5) is 0 Å². The highest BCUT2D eigenvalue weighted by molar-refractivity contribution is 6.20. The van der Waals surface area contributed by atoms with E-state index in [-0.39, 0.29) is 0 Å². The number of hydrogen-bond donors (Lipinski definition) is 0. The van der Waals surface area contributed by atoms with E-state index >= 15 is 0 Å². The van der Waals surface area contributed by atoms with Gasteiger partial charge in [0, 0.05) is 32.9 Å². The Morgan fingerprint density at radius 2 is 0.717 bits per heavy atom. The van der Waals surface area contributed by atoms with Crippen LogP contribution in [0.15, 0.2) is 199 Å². The monoisotopic (exact) mass is 676 g/mol. The van der Waals surface area contributed by atoms with E-state index < -0.39 is 0 Å². The second-order valence-electron chi connectivity index (χ2n) is 13.8. The summed E-state index contributed by atoms with van der Waals surface area (Å²) < 4.78 is 11.1. The smallest absolute Gasteiger partial charge is 0.213 e. The van der Waals surface area contributed by atoms with E-state index in [9.17, 15) is 0 Å². The lowest BCUT2D eigenvalue weighted by Gasteiger charge is -2.09. The van der Waals surface area contributed by atoms with E-state index in [0.717, 1.165) is 39.0 Å². The molecule has 0 saturated carbocycles. The zero-order valence-corrected chi connectivity index (χ0v) is 28.8. The summed E-state index contributed by atoms with van der Waals surface area (Å²) in [4.78, 5) is 0. The lowest BCUT2D eigenvalue weighted by atomic mass is 9.97. The average molecular weight is 677 g/mol. The number of benzene rings is 8. The maximum atomic E-state index is 6.51. The third-order valence-corrected chi connectivity index (χ3v) is 10.7. The molecule has 3 nitrogen and oxygen atoms in total. The summed E-state index contributed by atoms with van der Waals surface area (Å²) in [5.41, 5.74) is 14.7. The maximum absolute atomic E-state index is 6.51. The number of para-hydroxylation sites is 3. The van der Waals surface area contributed by atoms with E-state index in [4.69, 9.17) is 4.42 Å². The van der Waals surface area contributed by atoms with E-state index in [1.165, 1.54) is 60.6 Å². The molecule has 53 heavy (non-hydrogen) atoms. The number of rotatable bonds is 5. The average Bonchev–Trinajstić information content (AvgIpc) is 3.88. The summed E-state index contributed by atoms with van der Waals surface area (Å²) in [6.45, 7) is 0. The third kappa shape index (κ3) is 4.68. The number of hydrogen-bond acceptors (Lipinski definition) is 1. The minimum Gasteiger partial charge on any atom is -0.439 e. The topological polar surface area (TPSA) is 23.0 Å². The van der Waals surface area contributed by atoms with Gasteiger partial charge in [0.15, 0.2) is 0 Å². The first kappa shape index (κ1) is 29.6. The Bertz CT molecular complexity index is 3130. The summed E-state index contributed by atoms with van der Waals surface area (Å²) in [7, 11) is 0. The summed E-state index contributed by atoms with van der Waals surface area (Å²) in [6.07, 6.45) is 0. The van der Waals surface area contributed by atoms with Gasteiger partial charge in [0.05, 0.1) is 21.9 Å². The van der Waals surface area contributed by atoms with Gasteiger partial charge in [-0.15, -0.1) is 0 Å². The van der Waals surface area contributed by atoms with Crippen LogP contribution in [-0.2, 0) is 0 Å². The maximum Gasteiger partial charge on any atom is 0.213 e. The van der Waals surface area contributed by atoms with Crippen LogP contribution in [-0.4, -0.2) is 9.13 Å². The van der Waals surface area contributed by atoms with Gasteiger partial charge in [-0.1, -0.05) is 127 Å². The second kappa shape index (κ2) is 11.7. The van der Waals surface area contributed by atoms with Crippen molar-refractivity contribution in [3.8, 4) is 44.8 Å². The molecule has 248 valence electrons. The first-order chi connectivity index (χ1) is 26.3. The van der Waals surface area contributed by atoms with Crippen molar-refractivity contribution in [3.05, 3.63) is 194 Å². The van der Waals surface area contributed by atoms with Crippen molar-refractivity contribution < 1.29 is 4.42 Å². The fraction of sp³-hybridized carbons (Fsp3) is 0. The quantitative estimate of drug-likeness (QED) is 0.178. The van der Waals surface area contributed by atoms with Crippen molar-refractivity contribution in [3.63, 3.8) is 0 Å². The normalized spacial score (nSPS) is 11.8. The molecule has 0 N–H and O–H groups in total. The molecule has 11 aromatic rings. The van der Waals surface area contributed by atoms with Crippen LogP contribution in [0.25, 0.3) is 99.5 Å². The Morgan fingerprint density at radius 3 is 1.28 bits per heavy atom. The van der Waals surface area contributed by atoms with Gasteiger partial charge in [0.1, 0.15) is 5.58 Å². The van der Waals surface area contributed by atoms with Gasteiger partial charge < -0.3 is 8.98 Å². The zero-order chi connectivity index (χ0) is 34.9. The third-order valence-electron chi connectivity index (χ3n) is 10.7. The van der Waals surface area contributed by atoms with Crippen molar-refractivity contribution in [1.82, 2.24) is 9.13 Å². The van der Waals surface area contributed by atoms with E-state index in [1.807, 2.05) is 6.07 Å². The number of aromatic nitrogens is 2. The van der Waals surface area contributed by atoms with Crippen molar-refractivity contribution in [2.75, 3.05) is 0 Å². The first-order valence-corrected chi connectivity index (χ1v) is 18.1. The summed E-state index contributed by atoms with van der Waals surface area (Å²) in [5, 5.41) is 5.96. The molecular weight excluding hydrogens is 645 g/mol. The lowest BCUT2D eigenvalue weighted by Crippen LogP contribution is -1.93. The highest BCUT2D eigenvalue weighted by Gasteiger charge is 2.20. The molecule has 3 heteroatoms. The fourth-order valence-corrected chi connectivity index (χ4v) is 8.23. The van der Waals surface area contributed by atoms with Crippen LogP contribution in [0.5, 0.6) is 0 Å². The molecule has 0 fully saturated rings. The van der Waals surface area contributed by atoms with Gasteiger partial charge >= 0.3 is 0 Å². The van der Waals surface area contributed by atoms with Crippen molar-refractivity contribution >= 4 is 54.8 Å². The zero-order valence-electron chi connectivity index (χ0n) is 28.8. The molecule has 0 saturated heterocycles. The molecule has 0 unspecified atom stereocenters. The van der Waals surface area contributed by atoms with Gasteiger partial charge in [0.25, 0.3) is 0 Å². The highest BCUT2D eigenvalue weighted by Crippen LogP contribution is 2.41. The fourth-order valence-electron chi connectivity index (χ4n) is 8.23. The molecular formula is C50H32N2O. The van der Waals surface area contributed by atoms with Crippen molar-refractivity contribution in [2.45, 2.75) is 0 Å². The van der Waals surface area contributed by atoms with E-state index in [2.05, 4.69) is 197 Å². The molecule has 3 heterocycles. The van der Waals surface area contributed by atoms with Crippen molar-refractivity contribution in [2.24, 2.45) is 0 Å². The Hall–Kier alpha value is -7.10. The predicted molar refractivity (Wildman–Crippen MR) is 221 cm³/mol. The van der Waals surface area contributed by atoms with Crippen LogP contribution in [0.3, 0.4) is 0 Å². The summed E-state index contributed by atoms with van der Waals surface area (Å²) in [5.74, 6) is 0. The molecule has 0 spiro atoms. The molecule has 0 radical (unpaired) electrons. The van der Waals surface area contributed by atoms with E-state index in [0.29, 0.717) is 0 Å². The van der Waals surface area contributed by atoms with E-state index in [1.54, 1.807) is 0 Å². The molecule has 11 rings (SSSR count). The number of fused-ring (bicyclic) bond motifs is 8. The van der Waals surface area contributed by atoms with Crippen molar-refractivity contribution in [1.29, 1.82) is 0 Å². The first-order valence-electron chi connectivity index (χ1n) is 18.1. The van der Waals surface area contributed by atoms with Crippen LogP contribution < -0.4 is 0 Å². The lowest BCUT2D eigenvalue weighted by molar-refractivity contribution is 0.645. The molecule has 0 bridgehead atoms. The van der Waals surface area contributed by atoms with Gasteiger partial charge in [0.2, 0.25) is 5.71 Å². The summed E-state index contributed by atoms with van der Waals surface area (Å²) in [6, 6.07) is 69.7. The number of furan rings is 1. The molecule has 0 amide bonds. The highest BCUT2D eigenvalue weighted by atomic mass is 16.3. The Labute approximate surface area is 306 Å². The molecule has 0 atom stereocenters. The minimum absolute atomic E-state index is 0.875. The Morgan fingerprint density at radius 1 is 0.302 bits per heavy atom. The molecule has 8 aromatic carbocycles. The Balaban J connectivity index is 1.03. The second-order valence-corrected chi connectivity index (χ2v) is 13.8. The Kier molecular flexibility index (Phi) is 6.55. The van der Waals surface area contributed by atoms with Crippen LogP contribution in [0, 0.1) is 0 Å². The van der Waals surface area contributed by atoms with Gasteiger partial charge in [-0.25, -0.2) is 0 Å². The number of nitrogens with zero attached hydrogens (tertiary/aromatic N) is 2. The predicted octanol–water partition coefficient (Wildman–Crippen LogP) is 13.6. The van der Waals surface area contributed by atoms with Crippen LogP contribution in [0.2, 0.25) is 0 Å². The van der Waals surface area contributed by atoms with Crippen LogP contribution in [0.1, 0.15) is 0 Å². The molecule has 3 aromatic heterocycles. The van der Waals surface area contributed by atoms with Gasteiger partial charge in [-0.3, -0.25) is 4.57 Å². The SMILES string of the molecule is c1ccc(-c2ccc3c(c2)c2cc(-c4ccc(-c5ccc6c(c5)c5c7ccccc7oc5n6-c5ccccc5)cc4)ccc2n3-c2ccccc2)cc1. The molecule has 0 aliphatic heterocycles. The molecule has 0 aliphatic carbocycles. The molecule has 0 aliphatic rings.